The number of fused-ring (bicyclic) bond motifs is 1. The van der Waals surface area contributed by atoms with Gasteiger partial charge in [0.2, 0.25) is 0 Å². The molecule has 1 aliphatic rings. The summed E-state index contributed by atoms with van der Waals surface area (Å²) in [6, 6.07) is 13.3. The summed E-state index contributed by atoms with van der Waals surface area (Å²) in [5.74, 6) is 0.718. The number of carbonyl (C=O) groups excluding carboxylic acids is 1. The molecule has 0 bridgehead atoms. The molecule has 0 N–H and O–H groups in total. The van der Waals surface area contributed by atoms with Crippen molar-refractivity contribution in [2.75, 3.05) is 20.3 Å². The summed E-state index contributed by atoms with van der Waals surface area (Å²) in [6.45, 7) is 4.81. The maximum Gasteiger partial charge on any atom is 0.416 e. The molecule has 0 unspecified atom stereocenters. The number of methoxy groups -OCH3 is 1. The molecule has 1 saturated heterocycles. The van der Waals surface area contributed by atoms with Gasteiger partial charge < -0.3 is 14.2 Å². The molecule has 2 aromatic heterocycles. The maximum absolute atomic E-state index is 13.1. The molecule has 35 heavy (non-hydrogen) atoms. The molecule has 0 radical (unpaired) electrons. The molecule has 0 aliphatic carbocycles. The minimum Gasteiger partial charge on any atom is -0.493 e. The zero-order valence-electron chi connectivity index (χ0n) is 20.1. The molecule has 2 aromatic carbocycles. The molecule has 180 valence electrons. The van der Waals surface area contributed by atoms with Crippen molar-refractivity contribution in [2.24, 2.45) is 7.05 Å². The monoisotopic (exact) mass is 473 g/mol. The smallest absolute Gasteiger partial charge is 0.416 e. The van der Waals surface area contributed by atoms with Gasteiger partial charge in [-0.1, -0.05) is 30.3 Å². The number of aromatic nitrogens is 4. The van der Waals surface area contributed by atoms with Gasteiger partial charge in [-0.15, -0.1) is 0 Å². The molecule has 5 rings (SSSR count). The van der Waals surface area contributed by atoms with Crippen LogP contribution < -0.4 is 9.47 Å². The lowest BCUT2D eigenvalue weighted by molar-refractivity contribution is -0.0238. The van der Waals surface area contributed by atoms with Gasteiger partial charge in [0.25, 0.3) is 0 Å². The van der Waals surface area contributed by atoms with Crippen LogP contribution in [0.5, 0.6) is 11.5 Å². The van der Waals surface area contributed by atoms with Crippen LogP contribution in [0.2, 0.25) is 0 Å². The Bertz CT molecular complexity index is 1360. The van der Waals surface area contributed by atoms with Gasteiger partial charge in [0.15, 0.2) is 11.5 Å². The van der Waals surface area contributed by atoms with Crippen LogP contribution in [0.1, 0.15) is 13.8 Å². The van der Waals surface area contributed by atoms with Crippen LogP contribution >= 0.6 is 0 Å². The van der Waals surface area contributed by atoms with Gasteiger partial charge in [0, 0.05) is 35.8 Å². The normalized spacial score (nSPS) is 18.0. The molecule has 2 atom stereocenters. The van der Waals surface area contributed by atoms with Gasteiger partial charge in [-0.05, 0) is 19.9 Å². The van der Waals surface area contributed by atoms with Gasteiger partial charge in [0.05, 0.1) is 43.6 Å². The molecule has 9 heteroatoms. The molecule has 3 heterocycles. The van der Waals surface area contributed by atoms with E-state index in [2.05, 4.69) is 15.1 Å². The van der Waals surface area contributed by atoms with E-state index in [1.807, 2.05) is 57.4 Å². The Hall–Kier alpha value is -3.98. The first-order valence-corrected chi connectivity index (χ1v) is 11.5. The first-order chi connectivity index (χ1) is 17.0. The average molecular weight is 474 g/mol. The third kappa shape index (κ3) is 4.30. The largest absolute Gasteiger partial charge is 0.493 e. The number of morpholine rings is 1. The third-order valence-electron chi connectivity index (χ3n) is 6.13. The highest BCUT2D eigenvalue weighted by Gasteiger charge is 2.32. The molecule has 4 aromatic rings. The van der Waals surface area contributed by atoms with Crippen molar-refractivity contribution in [1.29, 1.82) is 0 Å². The standard InChI is InChI=1S/C26H27N5O4/c1-16-13-34-14-17(2)31(16)26(32)35-23-10-19-21(11-22(23)33-4)27-15-28-25(19)20-12-30(3)29-24(20)18-8-6-5-7-9-18/h5-12,15-17H,13-14H2,1-4H3/t16-,17+. The van der Waals surface area contributed by atoms with Crippen LogP contribution in [-0.2, 0) is 11.8 Å². The number of hydrogen-bond acceptors (Lipinski definition) is 7. The van der Waals surface area contributed by atoms with E-state index in [-0.39, 0.29) is 12.1 Å². The number of hydrogen-bond donors (Lipinski definition) is 0. The summed E-state index contributed by atoms with van der Waals surface area (Å²) in [5, 5.41) is 5.40. The molecule has 1 aliphatic heterocycles. The van der Waals surface area contributed by atoms with Crippen molar-refractivity contribution >= 4 is 17.0 Å². The minimum atomic E-state index is -0.448. The average Bonchev–Trinajstić information content (AvgIpc) is 3.25. The van der Waals surface area contributed by atoms with Crippen molar-refractivity contribution in [3.63, 3.8) is 0 Å². The Morgan fingerprint density at radius 3 is 2.49 bits per heavy atom. The topological polar surface area (TPSA) is 91.6 Å². The second-order valence-electron chi connectivity index (χ2n) is 8.68. The SMILES string of the molecule is COc1cc2ncnc(-c3cn(C)nc3-c3ccccc3)c2cc1OC(=O)N1[C@H](C)COC[C@@H]1C. The fraction of sp³-hybridized carbons (Fsp3) is 0.308. The lowest BCUT2D eigenvalue weighted by Crippen LogP contribution is -2.53. The third-order valence-corrected chi connectivity index (χ3v) is 6.13. The molecular formula is C26H27N5O4. The van der Waals surface area contributed by atoms with Crippen LogP contribution in [0.3, 0.4) is 0 Å². The highest BCUT2D eigenvalue weighted by atomic mass is 16.6. The van der Waals surface area contributed by atoms with Crippen molar-refractivity contribution in [2.45, 2.75) is 25.9 Å². The van der Waals surface area contributed by atoms with Crippen LogP contribution in [0.25, 0.3) is 33.4 Å². The van der Waals surface area contributed by atoms with Gasteiger partial charge in [-0.3, -0.25) is 9.58 Å². The quantitative estimate of drug-likeness (QED) is 0.436. The van der Waals surface area contributed by atoms with Crippen molar-refractivity contribution in [3.05, 3.63) is 55.0 Å². The molecule has 9 nitrogen and oxygen atoms in total. The van der Waals surface area contributed by atoms with Crippen molar-refractivity contribution in [1.82, 2.24) is 24.6 Å². The fourth-order valence-corrected chi connectivity index (χ4v) is 4.50. The Kier molecular flexibility index (Phi) is 6.08. The second kappa shape index (κ2) is 9.34. The maximum atomic E-state index is 13.1. The van der Waals surface area contributed by atoms with E-state index in [1.54, 1.807) is 21.7 Å². The number of benzene rings is 2. The van der Waals surface area contributed by atoms with Gasteiger partial charge in [-0.25, -0.2) is 14.8 Å². The Morgan fingerprint density at radius 1 is 1.03 bits per heavy atom. The Morgan fingerprint density at radius 2 is 1.77 bits per heavy atom. The lowest BCUT2D eigenvalue weighted by Gasteiger charge is -2.37. The summed E-state index contributed by atoms with van der Waals surface area (Å²) in [7, 11) is 3.41. The van der Waals surface area contributed by atoms with E-state index >= 15 is 0 Å². The zero-order valence-corrected chi connectivity index (χ0v) is 20.1. The molecule has 0 saturated carbocycles. The van der Waals surface area contributed by atoms with E-state index in [0.717, 1.165) is 22.2 Å². The highest BCUT2D eigenvalue weighted by Crippen LogP contribution is 2.38. The molecular weight excluding hydrogens is 446 g/mol. The first kappa shape index (κ1) is 22.8. The van der Waals surface area contributed by atoms with E-state index in [1.165, 1.54) is 13.4 Å². The van der Waals surface area contributed by atoms with Crippen LogP contribution in [0.4, 0.5) is 4.79 Å². The highest BCUT2D eigenvalue weighted by molar-refractivity contribution is 5.97. The number of carbonyl (C=O) groups is 1. The lowest BCUT2D eigenvalue weighted by atomic mass is 10.0. The van der Waals surface area contributed by atoms with Crippen LogP contribution in [0.15, 0.2) is 55.0 Å². The van der Waals surface area contributed by atoms with Crippen LogP contribution in [0, 0.1) is 0 Å². The zero-order chi connectivity index (χ0) is 24.5. The van der Waals surface area contributed by atoms with Crippen molar-refractivity contribution < 1.29 is 19.0 Å². The predicted molar refractivity (Wildman–Crippen MR) is 131 cm³/mol. The summed E-state index contributed by atoms with van der Waals surface area (Å²) < 4.78 is 18.7. The first-order valence-electron chi connectivity index (χ1n) is 11.5. The number of aryl methyl sites for hydroxylation is 1. The van der Waals surface area contributed by atoms with E-state index in [4.69, 9.17) is 14.2 Å². The predicted octanol–water partition coefficient (Wildman–Crippen LogP) is 4.31. The van der Waals surface area contributed by atoms with Gasteiger partial charge in [0.1, 0.15) is 12.0 Å². The number of ether oxygens (including phenoxy) is 3. The van der Waals surface area contributed by atoms with Gasteiger partial charge in [-0.2, -0.15) is 5.10 Å². The Labute approximate surface area is 203 Å². The van der Waals surface area contributed by atoms with Crippen molar-refractivity contribution in [3.8, 4) is 34.0 Å². The summed E-state index contributed by atoms with van der Waals surface area (Å²) in [5.41, 5.74) is 3.99. The molecule has 1 amide bonds. The van der Waals surface area contributed by atoms with Crippen LogP contribution in [-0.4, -0.2) is 63.1 Å². The Balaban J connectivity index is 1.60. The minimum absolute atomic E-state index is 0.0968. The van der Waals surface area contributed by atoms with E-state index in [9.17, 15) is 4.79 Å². The number of amides is 1. The molecule has 0 spiro atoms. The fourth-order valence-electron chi connectivity index (χ4n) is 4.50. The molecule has 1 fully saturated rings. The second-order valence-corrected chi connectivity index (χ2v) is 8.68. The summed E-state index contributed by atoms with van der Waals surface area (Å²) >= 11 is 0. The number of rotatable bonds is 4. The van der Waals surface area contributed by atoms with Gasteiger partial charge >= 0.3 is 6.09 Å². The summed E-state index contributed by atoms with van der Waals surface area (Å²) in [6.07, 6.45) is 2.99. The van der Waals surface area contributed by atoms with E-state index in [0.29, 0.717) is 35.9 Å². The summed E-state index contributed by atoms with van der Waals surface area (Å²) in [4.78, 5) is 23.9. The van der Waals surface area contributed by atoms with E-state index < -0.39 is 6.09 Å². The number of nitrogens with zero attached hydrogens (tertiary/aromatic N) is 5.